The Labute approximate surface area is 106 Å². The Kier molecular flexibility index (Phi) is 2.84. The van der Waals surface area contributed by atoms with Crippen LogP contribution in [-0.2, 0) is 19.5 Å². The van der Waals surface area contributed by atoms with Crippen molar-refractivity contribution in [2.75, 3.05) is 0 Å². The number of aryl methyl sites for hydroxylation is 3. The van der Waals surface area contributed by atoms with Crippen LogP contribution < -0.4 is 0 Å². The summed E-state index contributed by atoms with van der Waals surface area (Å²) in [6.07, 6.45) is 4.76. The summed E-state index contributed by atoms with van der Waals surface area (Å²) in [4.78, 5) is 4.66. The van der Waals surface area contributed by atoms with Gasteiger partial charge in [-0.15, -0.1) is 0 Å². The molecule has 0 atom stereocenters. The molecule has 0 fully saturated rings. The highest BCUT2D eigenvalue weighted by molar-refractivity contribution is 5.75. The normalized spacial score (nSPS) is 11.2. The number of hydrogen-bond acceptors (Lipinski definition) is 2. The minimum absolute atomic E-state index is 0.875. The third kappa shape index (κ3) is 1.90. The van der Waals surface area contributed by atoms with Crippen molar-refractivity contribution in [3.05, 3.63) is 48.5 Å². The molecule has 0 spiro atoms. The Morgan fingerprint density at radius 3 is 2.78 bits per heavy atom. The largest absolute Gasteiger partial charge is 0.326 e. The maximum atomic E-state index is 4.66. The SMILES string of the molecule is CCc1nc2ccccc2n1CCn1cccn1. The van der Waals surface area contributed by atoms with E-state index in [0.29, 0.717) is 0 Å². The standard InChI is InChI=1S/C14H16N4/c1-2-14-16-12-6-3-4-7-13(12)18(14)11-10-17-9-5-8-15-17/h3-9H,2,10-11H2,1H3. The fraction of sp³-hybridized carbons (Fsp3) is 0.286. The molecule has 2 heterocycles. The van der Waals surface area contributed by atoms with Gasteiger partial charge in [0, 0.05) is 25.4 Å². The predicted molar refractivity (Wildman–Crippen MR) is 71.3 cm³/mol. The molecule has 0 bridgehead atoms. The summed E-state index contributed by atoms with van der Waals surface area (Å²) in [5.41, 5.74) is 2.29. The summed E-state index contributed by atoms with van der Waals surface area (Å²) in [5.74, 6) is 1.14. The van der Waals surface area contributed by atoms with E-state index in [1.54, 1.807) is 0 Å². The van der Waals surface area contributed by atoms with E-state index < -0.39 is 0 Å². The van der Waals surface area contributed by atoms with Gasteiger partial charge in [0.1, 0.15) is 5.82 Å². The third-order valence-corrected chi connectivity index (χ3v) is 3.16. The zero-order chi connectivity index (χ0) is 12.4. The van der Waals surface area contributed by atoms with E-state index in [1.165, 1.54) is 5.52 Å². The molecule has 0 aliphatic heterocycles. The van der Waals surface area contributed by atoms with E-state index in [9.17, 15) is 0 Å². The summed E-state index contributed by atoms with van der Waals surface area (Å²) in [6, 6.07) is 10.2. The number of nitrogens with zero attached hydrogens (tertiary/aromatic N) is 4. The molecule has 4 heteroatoms. The molecule has 0 aliphatic rings. The Bertz CT molecular complexity index is 637. The number of fused-ring (bicyclic) bond motifs is 1. The third-order valence-electron chi connectivity index (χ3n) is 3.16. The fourth-order valence-corrected chi connectivity index (χ4v) is 2.28. The Hall–Kier alpha value is -2.10. The van der Waals surface area contributed by atoms with Gasteiger partial charge in [0.2, 0.25) is 0 Å². The van der Waals surface area contributed by atoms with Crippen LogP contribution in [0.15, 0.2) is 42.7 Å². The average molecular weight is 240 g/mol. The quantitative estimate of drug-likeness (QED) is 0.702. The van der Waals surface area contributed by atoms with Gasteiger partial charge in [-0.1, -0.05) is 19.1 Å². The van der Waals surface area contributed by atoms with Gasteiger partial charge in [-0.05, 0) is 18.2 Å². The number of imidazole rings is 1. The molecule has 0 N–H and O–H groups in total. The lowest BCUT2D eigenvalue weighted by Crippen LogP contribution is -2.10. The van der Waals surface area contributed by atoms with Crippen molar-refractivity contribution in [2.24, 2.45) is 0 Å². The lowest BCUT2D eigenvalue weighted by atomic mass is 10.3. The monoisotopic (exact) mass is 240 g/mol. The van der Waals surface area contributed by atoms with Gasteiger partial charge >= 0.3 is 0 Å². The minimum atomic E-state index is 0.875. The van der Waals surface area contributed by atoms with Gasteiger partial charge in [0.05, 0.1) is 17.6 Å². The average Bonchev–Trinajstić information content (AvgIpc) is 3.03. The minimum Gasteiger partial charge on any atom is -0.326 e. The number of benzene rings is 1. The number of aromatic nitrogens is 4. The lowest BCUT2D eigenvalue weighted by Gasteiger charge is -2.08. The molecule has 2 aromatic heterocycles. The van der Waals surface area contributed by atoms with Crippen LogP contribution in [0.1, 0.15) is 12.7 Å². The highest BCUT2D eigenvalue weighted by Gasteiger charge is 2.08. The molecule has 92 valence electrons. The second-order valence-electron chi connectivity index (χ2n) is 4.29. The molecule has 0 unspecified atom stereocenters. The van der Waals surface area contributed by atoms with E-state index in [0.717, 1.165) is 30.9 Å². The van der Waals surface area contributed by atoms with E-state index in [1.807, 2.05) is 29.2 Å². The second-order valence-corrected chi connectivity index (χ2v) is 4.29. The van der Waals surface area contributed by atoms with Crippen molar-refractivity contribution in [3.8, 4) is 0 Å². The highest BCUT2D eigenvalue weighted by Crippen LogP contribution is 2.16. The van der Waals surface area contributed by atoms with Crippen molar-refractivity contribution in [1.29, 1.82) is 0 Å². The first-order chi connectivity index (χ1) is 8.88. The van der Waals surface area contributed by atoms with Crippen molar-refractivity contribution >= 4 is 11.0 Å². The highest BCUT2D eigenvalue weighted by atomic mass is 15.3. The molecule has 0 saturated heterocycles. The molecule has 18 heavy (non-hydrogen) atoms. The van der Waals surface area contributed by atoms with Gasteiger partial charge in [-0.2, -0.15) is 5.10 Å². The zero-order valence-corrected chi connectivity index (χ0v) is 10.5. The van der Waals surface area contributed by atoms with Crippen LogP contribution in [0.4, 0.5) is 0 Å². The van der Waals surface area contributed by atoms with Crippen LogP contribution in [0.25, 0.3) is 11.0 Å². The number of para-hydroxylation sites is 2. The molecule has 4 nitrogen and oxygen atoms in total. The first-order valence-electron chi connectivity index (χ1n) is 6.30. The van der Waals surface area contributed by atoms with Gasteiger partial charge in [0.25, 0.3) is 0 Å². The summed E-state index contributed by atoms with van der Waals surface area (Å²) >= 11 is 0. The maximum Gasteiger partial charge on any atom is 0.109 e. The van der Waals surface area contributed by atoms with Gasteiger partial charge in [-0.3, -0.25) is 4.68 Å². The van der Waals surface area contributed by atoms with Gasteiger partial charge in [0.15, 0.2) is 0 Å². The molecule has 0 radical (unpaired) electrons. The summed E-state index contributed by atoms with van der Waals surface area (Å²) in [5, 5.41) is 4.23. The summed E-state index contributed by atoms with van der Waals surface area (Å²) < 4.78 is 4.24. The van der Waals surface area contributed by atoms with Crippen molar-refractivity contribution in [2.45, 2.75) is 26.4 Å². The van der Waals surface area contributed by atoms with Crippen molar-refractivity contribution < 1.29 is 0 Å². The molecule has 3 aromatic rings. The topological polar surface area (TPSA) is 35.6 Å². The Morgan fingerprint density at radius 2 is 2.00 bits per heavy atom. The first kappa shape index (κ1) is 11.0. The van der Waals surface area contributed by atoms with E-state index in [4.69, 9.17) is 0 Å². The Morgan fingerprint density at radius 1 is 1.11 bits per heavy atom. The fourth-order valence-electron chi connectivity index (χ4n) is 2.28. The van der Waals surface area contributed by atoms with E-state index >= 15 is 0 Å². The molecule has 0 saturated carbocycles. The van der Waals surface area contributed by atoms with Gasteiger partial charge < -0.3 is 4.57 Å². The van der Waals surface area contributed by atoms with Crippen LogP contribution >= 0.6 is 0 Å². The lowest BCUT2D eigenvalue weighted by molar-refractivity contribution is 0.529. The summed E-state index contributed by atoms with van der Waals surface area (Å²) in [6.45, 7) is 3.93. The van der Waals surface area contributed by atoms with E-state index in [-0.39, 0.29) is 0 Å². The number of hydrogen-bond donors (Lipinski definition) is 0. The van der Waals surface area contributed by atoms with Gasteiger partial charge in [-0.25, -0.2) is 4.98 Å². The van der Waals surface area contributed by atoms with Crippen LogP contribution in [0.3, 0.4) is 0 Å². The van der Waals surface area contributed by atoms with Crippen molar-refractivity contribution in [1.82, 2.24) is 19.3 Å². The summed E-state index contributed by atoms with van der Waals surface area (Å²) in [7, 11) is 0. The molecule has 0 amide bonds. The van der Waals surface area contributed by atoms with E-state index in [2.05, 4.69) is 39.8 Å². The molecule has 1 aromatic carbocycles. The second kappa shape index (κ2) is 4.64. The molecule has 3 rings (SSSR count). The van der Waals surface area contributed by atoms with Crippen LogP contribution in [0, 0.1) is 0 Å². The number of rotatable bonds is 4. The molecule has 0 aliphatic carbocycles. The molecular weight excluding hydrogens is 224 g/mol. The Balaban J connectivity index is 1.94. The van der Waals surface area contributed by atoms with Crippen LogP contribution in [0.2, 0.25) is 0 Å². The maximum absolute atomic E-state index is 4.66. The first-order valence-corrected chi connectivity index (χ1v) is 6.30. The van der Waals surface area contributed by atoms with Crippen LogP contribution in [0.5, 0.6) is 0 Å². The zero-order valence-electron chi connectivity index (χ0n) is 10.5. The smallest absolute Gasteiger partial charge is 0.109 e. The van der Waals surface area contributed by atoms with Crippen LogP contribution in [-0.4, -0.2) is 19.3 Å². The predicted octanol–water partition coefficient (Wildman–Crippen LogP) is 2.50. The van der Waals surface area contributed by atoms with Crippen molar-refractivity contribution in [3.63, 3.8) is 0 Å². The molecular formula is C14H16N4.